The predicted molar refractivity (Wildman–Crippen MR) is 77.6 cm³/mol. The lowest BCUT2D eigenvalue weighted by Gasteiger charge is -2.40. The van der Waals surface area contributed by atoms with Gasteiger partial charge in [0.15, 0.2) is 0 Å². The molecule has 1 aromatic rings. The van der Waals surface area contributed by atoms with Crippen LogP contribution in [-0.2, 0) is 5.54 Å². The smallest absolute Gasteiger partial charge is 0.0666 e. The Morgan fingerprint density at radius 1 is 1.39 bits per heavy atom. The average Bonchev–Trinajstić information content (AvgIpc) is 2.67. The van der Waals surface area contributed by atoms with Gasteiger partial charge in [0.1, 0.15) is 0 Å². The van der Waals surface area contributed by atoms with Gasteiger partial charge in [0, 0.05) is 24.1 Å². The maximum atomic E-state index is 9.90. The van der Waals surface area contributed by atoms with E-state index in [1.54, 1.807) is 0 Å². The van der Waals surface area contributed by atoms with Crippen molar-refractivity contribution < 1.29 is 5.11 Å². The maximum absolute atomic E-state index is 9.90. The summed E-state index contributed by atoms with van der Waals surface area (Å²) in [5.41, 5.74) is 0.872. The molecule has 1 heterocycles. The van der Waals surface area contributed by atoms with Crippen molar-refractivity contribution in [1.82, 2.24) is 10.2 Å². The number of hydrogen-bond acceptors (Lipinski definition) is 3. The van der Waals surface area contributed by atoms with Crippen molar-refractivity contribution in [3.05, 3.63) is 34.3 Å². The molecule has 1 aliphatic rings. The van der Waals surface area contributed by atoms with Crippen LogP contribution in [0.3, 0.4) is 0 Å². The largest absolute Gasteiger partial charge is 0.394 e. The quantitative estimate of drug-likeness (QED) is 0.895. The van der Waals surface area contributed by atoms with Crippen LogP contribution in [0.4, 0.5) is 0 Å². The number of aliphatic hydroxyl groups excluding tert-OH is 1. The lowest BCUT2D eigenvalue weighted by molar-refractivity contribution is 0.0452. The Labute approximate surface area is 117 Å². The molecule has 0 aliphatic carbocycles. The van der Waals surface area contributed by atoms with E-state index in [4.69, 9.17) is 0 Å². The van der Waals surface area contributed by atoms with Gasteiger partial charge in [-0.25, -0.2) is 0 Å². The van der Waals surface area contributed by atoms with Gasteiger partial charge in [-0.1, -0.05) is 28.1 Å². The molecule has 0 saturated carbocycles. The molecule has 1 aromatic carbocycles. The standard InChI is InChI=1S/C14H21BrN2O/c1-14(11-18,12-4-2-5-13(15)10-12)17-8-3-6-16-7-9-17/h2,4-5,10,16,18H,3,6-9,11H2,1H3. The van der Waals surface area contributed by atoms with Crippen molar-refractivity contribution in [2.24, 2.45) is 0 Å². The van der Waals surface area contributed by atoms with Crippen LogP contribution >= 0.6 is 15.9 Å². The van der Waals surface area contributed by atoms with Crippen LogP contribution in [0.5, 0.6) is 0 Å². The molecule has 1 atom stereocenters. The summed E-state index contributed by atoms with van der Waals surface area (Å²) in [6.45, 7) is 6.32. The zero-order chi connectivity index (χ0) is 13.0. The topological polar surface area (TPSA) is 35.5 Å². The van der Waals surface area contributed by atoms with Gasteiger partial charge in [-0.05, 0) is 37.6 Å². The normalized spacial score (nSPS) is 21.3. The Bertz CT molecular complexity index is 391. The van der Waals surface area contributed by atoms with E-state index in [0.29, 0.717) is 0 Å². The molecule has 0 radical (unpaired) electrons. The predicted octanol–water partition coefficient (Wildman–Crippen LogP) is 1.95. The molecule has 1 fully saturated rings. The minimum absolute atomic E-state index is 0.142. The average molecular weight is 313 g/mol. The molecule has 0 spiro atoms. The Morgan fingerprint density at radius 3 is 2.94 bits per heavy atom. The molecule has 0 bridgehead atoms. The van der Waals surface area contributed by atoms with Gasteiger partial charge >= 0.3 is 0 Å². The summed E-state index contributed by atoms with van der Waals surface area (Å²) in [7, 11) is 0. The molecule has 3 nitrogen and oxygen atoms in total. The van der Waals surface area contributed by atoms with Crippen LogP contribution in [0.2, 0.25) is 0 Å². The summed E-state index contributed by atoms with van der Waals surface area (Å²) in [6, 6.07) is 8.25. The molecule has 1 unspecified atom stereocenters. The summed E-state index contributed by atoms with van der Waals surface area (Å²) >= 11 is 3.51. The molecule has 2 rings (SSSR count). The summed E-state index contributed by atoms with van der Waals surface area (Å²) in [6.07, 6.45) is 1.13. The van der Waals surface area contributed by atoms with Crippen molar-refractivity contribution in [3.63, 3.8) is 0 Å². The molecule has 1 aliphatic heterocycles. The van der Waals surface area contributed by atoms with Gasteiger partial charge in [-0.2, -0.15) is 0 Å². The van der Waals surface area contributed by atoms with E-state index in [0.717, 1.165) is 37.1 Å². The van der Waals surface area contributed by atoms with Crippen LogP contribution in [0.15, 0.2) is 28.7 Å². The van der Waals surface area contributed by atoms with Crippen LogP contribution in [0.1, 0.15) is 18.9 Å². The molecule has 2 N–H and O–H groups in total. The van der Waals surface area contributed by atoms with Gasteiger partial charge in [-0.3, -0.25) is 4.90 Å². The number of nitrogens with zero attached hydrogens (tertiary/aromatic N) is 1. The summed E-state index contributed by atoms with van der Waals surface area (Å²) in [4.78, 5) is 2.38. The first-order valence-electron chi connectivity index (χ1n) is 6.49. The lowest BCUT2D eigenvalue weighted by Crippen LogP contribution is -2.48. The van der Waals surface area contributed by atoms with Crippen molar-refractivity contribution in [3.8, 4) is 0 Å². The number of aliphatic hydroxyl groups is 1. The minimum atomic E-state index is -0.296. The minimum Gasteiger partial charge on any atom is -0.394 e. The number of rotatable bonds is 3. The molecule has 0 amide bonds. The SMILES string of the molecule is CC(CO)(c1cccc(Br)c1)N1CCCNCC1. The highest BCUT2D eigenvalue weighted by Gasteiger charge is 2.33. The summed E-state index contributed by atoms with van der Waals surface area (Å²) in [5.74, 6) is 0. The van der Waals surface area contributed by atoms with Gasteiger partial charge in [0.2, 0.25) is 0 Å². The fourth-order valence-corrected chi connectivity index (χ4v) is 2.94. The third-order valence-electron chi connectivity index (χ3n) is 3.79. The summed E-state index contributed by atoms with van der Waals surface area (Å²) in [5, 5.41) is 13.3. The fourth-order valence-electron chi connectivity index (χ4n) is 2.54. The first kappa shape index (κ1) is 14.0. The Morgan fingerprint density at radius 2 is 2.22 bits per heavy atom. The zero-order valence-corrected chi connectivity index (χ0v) is 12.4. The van der Waals surface area contributed by atoms with Crippen molar-refractivity contribution in [2.75, 3.05) is 32.8 Å². The molecular formula is C14H21BrN2O. The second-order valence-electron chi connectivity index (χ2n) is 5.03. The molecule has 18 heavy (non-hydrogen) atoms. The Hall–Kier alpha value is -0.420. The van der Waals surface area contributed by atoms with Crippen LogP contribution in [0, 0.1) is 0 Å². The van der Waals surface area contributed by atoms with E-state index in [9.17, 15) is 5.11 Å². The first-order chi connectivity index (χ1) is 8.66. The molecule has 1 saturated heterocycles. The second kappa shape index (κ2) is 6.15. The van der Waals surface area contributed by atoms with Crippen molar-refractivity contribution >= 4 is 15.9 Å². The highest BCUT2D eigenvalue weighted by Crippen LogP contribution is 2.30. The first-order valence-corrected chi connectivity index (χ1v) is 7.29. The number of hydrogen-bond donors (Lipinski definition) is 2. The van der Waals surface area contributed by atoms with E-state index < -0.39 is 0 Å². The monoisotopic (exact) mass is 312 g/mol. The number of benzene rings is 1. The third kappa shape index (κ3) is 2.94. The van der Waals surface area contributed by atoms with E-state index in [1.807, 2.05) is 12.1 Å². The van der Waals surface area contributed by atoms with E-state index >= 15 is 0 Å². The number of halogens is 1. The van der Waals surface area contributed by atoms with Crippen molar-refractivity contribution in [1.29, 1.82) is 0 Å². The highest BCUT2D eigenvalue weighted by atomic mass is 79.9. The van der Waals surface area contributed by atoms with E-state index in [-0.39, 0.29) is 12.1 Å². The van der Waals surface area contributed by atoms with Crippen LogP contribution in [-0.4, -0.2) is 42.8 Å². The fraction of sp³-hybridized carbons (Fsp3) is 0.571. The zero-order valence-electron chi connectivity index (χ0n) is 10.8. The lowest BCUT2D eigenvalue weighted by atomic mass is 9.90. The van der Waals surface area contributed by atoms with Crippen LogP contribution in [0.25, 0.3) is 0 Å². The van der Waals surface area contributed by atoms with Gasteiger partial charge in [0.05, 0.1) is 12.1 Å². The molecule has 0 aromatic heterocycles. The third-order valence-corrected chi connectivity index (χ3v) is 4.29. The van der Waals surface area contributed by atoms with E-state index in [1.165, 1.54) is 5.56 Å². The molecule has 100 valence electrons. The highest BCUT2D eigenvalue weighted by molar-refractivity contribution is 9.10. The van der Waals surface area contributed by atoms with E-state index in [2.05, 4.69) is 45.2 Å². The second-order valence-corrected chi connectivity index (χ2v) is 5.95. The van der Waals surface area contributed by atoms with Crippen molar-refractivity contribution in [2.45, 2.75) is 18.9 Å². The Kier molecular flexibility index (Phi) is 4.78. The Balaban J connectivity index is 2.28. The van der Waals surface area contributed by atoms with Crippen LogP contribution < -0.4 is 5.32 Å². The van der Waals surface area contributed by atoms with Gasteiger partial charge in [-0.15, -0.1) is 0 Å². The van der Waals surface area contributed by atoms with Gasteiger partial charge in [0.25, 0.3) is 0 Å². The molecule has 4 heteroatoms. The summed E-state index contributed by atoms with van der Waals surface area (Å²) < 4.78 is 1.06. The number of nitrogens with one attached hydrogen (secondary N) is 1. The van der Waals surface area contributed by atoms with Gasteiger partial charge < -0.3 is 10.4 Å². The molecular weight excluding hydrogens is 292 g/mol. The maximum Gasteiger partial charge on any atom is 0.0666 e.